The number of allylic oxidation sites excluding steroid dienone is 9. The van der Waals surface area contributed by atoms with Gasteiger partial charge < -0.3 is 5.11 Å². The van der Waals surface area contributed by atoms with Gasteiger partial charge in [-0.25, -0.2) is 4.79 Å². The van der Waals surface area contributed by atoms with Gasteiger partial charge in [0.05, 0.1) is 6.85 Å². The first-order chi connectivity index (χ1) is 12.8. The molecule has 0 fully saturated rings. The molecule has 0 aromatic carbocycles. The quantitative estimate of drug-likeness (QED) is 0.258. The topological polar surface area (TPSA) is 37.3 Å². The number of hydrogen-bond acceptors (Lipinski definition) is 1. The van der Waals surface area contributed by atoms with Crippen LogP contribution < -0.4 is 0 Å². The van der Waals surface area contributed by atoms with E-state index in [1.54, 1.807) is 12.2 Å². The molecule has 0 aliphatic carbocycles. The second-order valence-electron chi connectivity index (χ2n) is 4.84. The summed E-state index contributed by atoms with van der Waals surface area (Å²) in [6, 6.07) is -3.63. The second kappa shape index (κ2) is 17.2. The van der Waals surface area contributed by atoms with Gasteiger partial charge in [-0.1, -0.05) is 100 Å². The molecule has 0 amide bonds. The van der Waals surface area contributed by atoms with E-state index >= 15 is 0 Å². The molecule has 0 atom stereocenters. The minimum Gasteiger partial charge on any atom is -0.478 e. The van der Waals surface area contributed by atoms with Gasteiger partial charge in [-0.15, -0.1) is 0 Å². The maximum absolute atomic E-state index is 10.6. The summed E-state index contributed by atoms with van der Waals surface area (Å²) in [5.74, 6) is -1.64. The number of aliphatic carboxylic acids is 1. The van der Waals surface area contributed by atoms with Crippen molar-refractivity contribution in [2.24, 2.45) is 0 Å². The number of carbonyl (C=O) groups is 1. The van der Waals surface area contributed by atoms with Crippen molar-refractivity contribution < 1.29 is 16.8 Å². The lowest BCUT2D eigenvalue weighted by atomic mass is 10.1. The lowest BCUT2D eigenvalue weighted by molar-refractivity contribution is -0.131. The molecule has 2 heteroatoms. The summed E-state index contributed by atoms with van der Waals surface area (Å²) >= 11 is 0. The molecule has 0 aromatic rings. The molecule has 0 aliphatic rings. The van der Waals surface area contributed by atoms with Crippen molar-refractivity contribution in [3.63, 3.8) is 0 Å². The molecular formula is C20H30O2. The predicted octanol–water partition coefficient (Wildman–Crippen LogP) is 5.99. The van der Waals surface area contributed by atoms with Gasteiger partial charge in [-0.3, -0.25) is 0 Å². The van der Waals surface area contributed by atoms with Crippen molar-refractivity contribution in [1.82, 2.24) is 0 Å². The fourth-order valence-electron chi connectivity index (χ4n) is 1.76. The van der Waals surface area contributed by atoms with Crippen LogP contribution in [0.25, 0.3) is 0 Å². The smallest absolute Gasteiger partial charge is 0.328 e. The first-order valence-electron chi connectivity index (χ1n) is 10.4. The first kappa shape index (κ1) is 12.7. The normalized spacial score (nSPS) is 18.2. The number of carboxylic acids is 1. The zero-order valence-corrected chi connectivity index (χ0v) is 13.4. The molecule has 0 saturated carbocycles. The van der Waals surface area contributed by atoms with Crippen LogP contribution in [0.4, 0.5) is 0 Å². The van der Waals surface area contributed by atoms with Gasteiger partial charge in [0.15, 0.2) is 0 Å². The monoisotopic (exact) mass is 307 g/mol. The Bertz CT molecular complexity index is 616. The van der Waals surface area contributed by atoms with Gasteiger partial charge in [-0.05, 0) is 12.8 Å². The lowest BCUT2D eigenvalue weighted by Gasteiger charge is -1.98. The van der Waals surface area contributed by atoms with Crippen LogP contribution in [0.2, 0.25) is 0 Å². The summed E-state index contributed by atoms with van der Waals surface area (Å²) in [5, 5.41) is 8.64. The summed E-state index contributed by atoms with van der Waals surface area (Å²) < 4.78 is 37.5. The Morgan fingerprint density at radius 3 is 2.23 bits per heavy atom. The number of hydrogen-bond donors (Lipinski definition) is 1. The molecule has 22 heavy (non-hydrogen) atoms. The highest BCUT2D eigenvalue weighted by molar-refractivity contribution is 5.80. The van der Waals surface area contributed by atoms with E-state index < -0.39 is 30.2 Å². The van der Waals surface area contributed by atoms with Gasteiger partial charge in [0.1, 0.15) is 0 Å². The molecule has 0 saturated heterocycles. The summed E-state index contributed by atoms with van der Waals surface area (Å²) in [6.45, 7) is 2.21. The van der Waals surface area contributed by atoms with Crippen molar-refractivity contribution in [3.05, 3.63) is 60.6 Å². The Morgan fingerprint density at radius 1 is 0.864 bits per heavy atom. The highest BCUT2D eigenvalue weighted by Crippen LogP contribution is 2.08. The molecule has 0 aromatic heterocycles. The van der Waals surface area contributed by atoms with Crippen LogP contribution in [0.15, 0.2) is 60.6 Å². The maximum Gasteiger partial charge on any atom is 0.328 e. The van der Waals surface area contributed by atoms with Crippen molar-refractivity contribution in [1.29, 1.82) is 0 Å². The van der Waals surface area contributed by atoms with Gasteiger partial charge in [0.2, 0.25) is 0 Å². The molecule has 0 heterocycles. The molecule has 0 aliphatic heterocycles. The van der Waals surface area contributed by atoms with E-state index in [0.29, 0.717) is 0 Å². The standard InChI is InChI=1S/C20H30O2/c1-2-3-4-5-6-7-8-9-10-11-12-13-14-15-16-17-18-19-20(21)22/h10-19H,2-9H2,1H3,(H,21,22)/i15D,16D,17D,18D,19D. The third kappa shape index (κ3) is 18.2. The first-order valence-corrected chi connectivity index (χ1v) is 7.92. The van der Waals surface area contributed by atoms with Crippen molar-refractivity contribution in [2.45, 2.75) is 58.3 Å². The zero-order valence-electron chi connectivity index (χ0n) is 18.4. The van der Waals surface area contributed by atoms with Crippen LogP contribution in [-0.4, -0.2) is 11.1 Å². The Hall–Kier alpha value is -1.83. The van der Waals surface area contributed by atoms with Crippen LogP contribution >= 0.6 is 0 Å². The van der Waals surface area contributed by atoms with Gasteiger partial charge in [0, 0.05) is 6.05 Å². The Balaban J connectivity index is 4.42. The van der Waals surface area contributed by atoms with E-state index in [-0.39, 0.29) is 6.05 Å². The Kier molecular flexibility index (Phi) is 9.93. The molecule has 0 radical (unpaired) electrons. The number of carboxylic acid groups (broad SMARTS) is 1. The van der Waals surface area contributed by atoms with E-state index in [2.05, 4.69) is 6.92 Å². The molecule has 0 unspecified atom stereocenters. The predicted molar refractivity (Wildman–Crippen MR) is 95.9 cm³/mol. The van der Waals surface area contributed by atoms with E-state index in [0.717, 1.165) is 12.8 Å². The molecule has 0 rings (SSSR count). The highest BCUT2D eigenvalue weighted by atomic mass is 16.4. The third-order valence-corrected chi connectivity index (χ3v) is 2.88. The summed E-state index contributed by atoms with van der Waals surface area (Å²) in [4.78, 5) is 10.6. The van der Waals surface area contributed by atoms with Gasteiger partial charge in [0.25, 0.3) is 0 Å². The minimum absolute atomic E-state index is 0.320. The van der Waals surface area contributed by atoms with Crippen LogP contribution in [0.5, 0.6) is 0 Å². The van der Waals surface area contributed by atoms with Gasteiger partial charge >= 0.3 is 5.97 Å². The lowest BCUT2D eigenvalue weighted by Crippen LogP contribution is -1.84. The van der Waals surface area contributed by atoms with Gasteiger partial charge in [-0.2, -0.15) is 0 Å². The van der Waals surface area contributed by atoms with E-state index in [1.807, 2.05) is 12.2 Å². The summed E-state index contributed by atoms with van der Waals surface area (Å²) in [7, 11) is 0. The fourth-order valence-corrected chi connectivity index (χ4v) is 1.76. The highest BCUT2D eigenvalue weighted by Gasteiger charge is 1.88. The van der Waals surface area contributed by atoms with Crippen LogP contribution in [0.1, 0.15) is 65.1 Å². The summed E-state index contributed by atoms with van der Waals surface area (Å²) in [6.07, 6.45) is 18.3. The Labute approximate surface area is 142 Å². The van der Waals surface area contributed by atoms with Crippen LogP contribution in [0.3, 0.4) is 0 Å². The third-order valence-electron chi connectivity index (χ3n) is 2.88. The van der Waals surface area contributed by atoms with E-state index in [1.165, 1.54) is 44.6 Å². The molecular weight excluding hydrogens is 272 g/mol. The van der Waals surface area contributed by atoms with E-state index in [4.69, 9.17) is 12.0 Å². The number of rotatable bonds is 13. The number of unbranched alkanes of at least 4 members (excludes halogenated alkanes) is 7. The maximum atomic E-state index is 10.6. The van der Waals surface area contributed by atoms with Crippen molar-refractivity contribution in [2.75, 3.05) is 0 Å². The Morgan fingerprint density at radius 2 is 1.50 bits per heavy atom. The van der Waals surface area contributed by atoms with Crippen LogP contribution in [-0.2, 0) is 4.79 Å². The zero-order chi connectivity index (χ0) is 20.7. The summed E-state index contributed by atoms with van der Waals surface area (Å²) in [5.41, 5.74) is 0. The largest absolute Gasteiger partial charge is 0.478 e. The average molecular weight is 307 g/mol. The average Bonchev–Trinajstić information content (AvgIpc) is 2.66. The second-order valence-corrected chi connectivity index (χ2v) is 4.84. The molecule has 2 nitrogen and oxygen atoms in total. The molecule has 1 N–H and O–H groups in total. The molecule has 122 valence electrons. The minimum atomic E-state index is -1.64. The molecule has 0 spiro atoms. The fraction of sp³-hybridized carbons (Fsp3) is 0.450. The van der Waals surface area contributed by atoms with Crippen molar-refractivity contribution >= 4 is 5.97 Å². The molecule has 0 bridgehead atoms. The van der Waals surface area contributed by atoms with E-state index in [9.17, 15) is 4.79 Å². The van der Waals surface area contributed by atoms with Crippen molar-refractivity contribution in [3.8, 4) is 0 Å². The van der Waals surface area contributed by atoms with Crippen LogP contribution in [0, 0.1) is 0 Å². The SMILES string of the molecule is [2H]C(=CC=CC=CCCCCCCCCC)C([2H])=C([2H])C([2H])=C([2H])C(=O)O.